The van der Waals surface area contributed by atoms with Crippen LogP contribution in [-0.4, -0.2) is 5.91 Å². The monoisotopic (exact) mass is 139 g/mol. The largest absolute Gasteiger partial charge is 0.333 e. The van der Waals surface area contributed by atoms with E-state index >= 15 is 0 Å². The van der Waals surface area contributed by atoms with Crippen LogP contribution < -0.4 is 5.32 Å². The number of amides is 1. The van der Waals surface area contributed by atoms with E-state index in [2.05, 4.69) is 11.9 Å². The van der Waals surface area contributed by atoms with Crippen LogP contribution in [0.5, 0.6) is 0 Å². The van der Waals surface area contributed by atoms with Crippen molar-refractivity contribution in [3.8, 4) is 0 Å². The van der Waals surface area contributed by atoms with Crippen molar-refractivity contribution in [2.75, 3.05) is 0 Å². The summed E-state index contributed by atoms with van der Waals surface area (Å²) in [6.45, 7) is 7.32. The van der Waals surface area contributed by atoms with Gasteiger partial charge in [0.25, 0.3) is 0 Å². The summed E-state index contributed by atoms with van der Waals surface area (Å²) >= 11 is 0. The fourth-order valence-corrected chi connectivity index (χ4v) is 0.379. The van der Waals surface area contributed by atoms with E-state index in [1.54, 1.807) is 12.3 Å². The maximum Gasteiger partial charge on any atom is 0.223 e. The normalized spacial score (nSPS) is 9.80. The van der Waals surface area contributed by atoms with Gasteiger partial charge >= 0.3 is 0 Å². The van der Waals surface area contributed by atoms with Crippen molar-refractivity contribution in [3.63, 3.8) is 0 Å². The van der Waals surface area contributed by atoms with E-state index in [9.17, 15) is 4.79 Å². The van der Waals surface area contributed by atoms with Gasteiger partial charge in [-0.25, -0.2) is 0 Å². The minimum atomic E-state index is 0.0255. The Labute approximate surface area is 61.6 Å². The number of rotatable bonds is 3. The molecule has 0 atom stereocenters. The summed E-state index contributed by atoms with van der Waals surface area (Å²) < 4.78 is 0. The minimum Gasteiger partial charge on any atom is -0.333 e. The number of allylic oxidation sites excluding steroid dienone is 2. The topological polar surface area (TPSA) is 29.1 Å². The number of hydrogen-bond donors (Lipinski definition) is 1. The van der Waals surface area contributed by atoms with Crippen molar-refractivity contribution < 1.29 is 4.79 Å². The Morgan fingerprint density at radius 3 is 2.70 bits per heavy atom. The molecule has 0 bridgehead atoms. The Bertz CT molecular complexity index is 159. The molecule has 0 aliphatic heterocycles. The predicted molar refractivity (Wildman–Crippen MR) is 42.4 cm³/mol. The maximum atomic E-state index is 10.6. The van der Waals surface area contributed by atoms with E-state index in [1.165, 1.54) is 0 Å². The first-order chi connectivity index (χ1) is 4.66. The summed E-state index contributed by atoms with van der Waals surface area (Å²) in [6.07, 6.45) is 3.88. The van der Waals surface area contributed by atoms with Gasteiger partial charge in [0.05, 0.1) is 0 Å². The van der Waals surface area contributed by atoms with E-state index in [4.69, 9.17) is 0 Å². The lowest BCUT2D eigenvalue weighted by molar-refractivity contribution is -0.119. The first-order valence-electron chi connectivity index (χ1n) is 3.28. The van der Waals surface area contributed by atoms with E-state index in [-0.39, 0.29) is 5.91 Å². The fourth-order valence-electron chi connectivity index (χ4n) is 0.379. The van der Waals surface area contributed by atoms with Crippen molar-refractivity contribution in [1.29, 1.82) is 0 Å². The van der Waals surface area contributed by atoms with Crippen molar-refractivity contribution in [2.24, 2.45) is 0 Å². The highest BCUT2D eigenvalue weighted by Crippen LogP contribution is 1.86. The van der Waals surface area contributed by atoms with Gasteiger partial charge < -0.3 is 5.32 Å². The molecule has 0 rings (SSSR count). The molecule has 0 heterocycles. The lowest BCUT2D eigenvalue weighted by atomic mass is 10.3. The molecule has 0 radical (unpaired) electrons. The molecule has 2 heteroatoms. The number of carbonyl (C=O) groups excluding carboxylic acids is 1. The summed E-state index contributed by atoms with van der Waals surface area (Å²) in [5, 5.41) is 2.58. The van der Waals surface area contributed by atoms with Gasteiger partial charge in [-0.1, -0.05) is 19.1 Å². The van der Waals surface area contributed by atoms with Crippen LogP contribution in [-0.2, 0) is 4.79 Å². The molecular formula is C8H13NO. The highest BCUT2D eigenvalue weighted by Gasteiger charge is 1.88. The summed E-state index contributed by atoms with van der Waals surface area (Å²) in [7, 11) is 0. The molecule has 56 valence electrons. The van der Waals surface area contributed by atoms with Gasteiger partial charge in [-0.05, 0) is 13.0 Å². The van der Waals surface area contributed by atoms with Crippen LogP contribution in [0, 0.1) is 0 Å². The predicted octanol–water partition coefficient (Wildman–Crippen LogP) is 1.60. The van der Waals surface area contributed by atoms with Gasteiger partial charge in [0.2, 0.25) is 5.91 Å². The molecule has 1 N–H and O–H groups in total. The van der Waals surface area contributed by atoms with Gasteiger partial charge in [-0.15, -0.1) is 0 Å². The van der Waals surface area contributed by atoms with Crippen LogP contribution in [0.4, 0.5) is 0 Å². The molecule has 0 saturated heterocycles. The quantitative estimate of drug-likeness (QED) is 0.591. The molecule has 0 aromatic heterocycles. The SMILES string of the molecule is C=C(C)/C=C/NC(=O)CC. The first kappa shape index (κ1) is 8.95. The van der Waals surface area contributed by atoms with Crippen molar-refractivity contribution in [2.45, 2.75) is 20.3 Å². The van der Waals surface area contributed by atoms with Crippen molar-refractivity contribution in [3.05, 3.63) is 24.4 Å². The summed E-state index contributed by atoms with van der Waals surface area (Å²) in [4.78, 5) is 10.6. The molecule has 0 spiro atoms. The molecule has 1 amide bonds. The zero-order valence-corrected chi connectivity index (χ0v) is 6.48. The number of hydrogen-bond acceptors (Lipinski definition) is 1. The Balaban J connectivity index is 3.53. The van der Waals surface area contributed by atoms with Crippen LogP contribution in [0.25, 0.3) is 0 Å². The van der Waals surface area contributed by atoms with E-state index in [0.29, 0.717) is 6.42 Å². The average molecular weight is 139 g/mol. The second-order valence-electron chi connectivity index (χ2n) is 2.10. The zero-order chi connectivity index (χ0) is 7.98. The van der Waals surface area contributed by atoms with Crippen LogP contribution in [0.3, 0.4) is 0 Å². The number of carbonyl (C=O) groups is 1. The van der Waals surface area contributed by atoms with Gasteiger partial charge in [0.1, 0.15) is 0 Å². The van der Waals surface area contributed by atoms with Crippen molar-refractivity contribution in [1.82, 2.24) is 5.32 Å². The Morgan fingerprint density at radius 1 is 1.70 bits per heavy atom. The molecule has 10 heavy (non-hydrogen) atoms. The van der Waals surface area contributed by atoms with E-state index < -0.39 is 0 Å². The highest BCUT2D eigenvalue weighted by molar-refractivity contribution is 5.76. The Hall–Kier alpha value is -1.05. The van der Waals surface area contributed by atoms with E-state index in [0.717, 1.165) is 5.57 Å². The molecule has 0 aliphatic carbocycles. The van der Waals surface area contributed by atoms with Crippen LogP contribution in [0.2, 0.25) is 0 Å². The van der Waals surface area contributed by atoms with Crippen LogP contribution in [0.15, 0.2) is 24.4 Å². The standard InChI is InChI=1S/C8H13NO/c1-4-8(10)9-6-5-7(2)3/h5-6H,2,4H2,1,3H3,(H,9,10)/b6-5+. The van der Waals surface area contributed by atoms with Gasteiger partial charge in [0, 0.05) is 12.6 Å². The fraction of sp³-hybridized carbons (Fsp3) is 0.375. The summed E-state index contributed by atoms with van der Waals surface area (Å²) in [6, 6.07) is 0. The third-order valence-electron chi connectivity index (χ3n) is 0.933. The van der Waals surface area contributed by atoms with Crippen LogP contribution in [0.1, 0.15) is 20.3 Å². The van der Waals surface area contributed by atoms with Crippen molar-refractivity contribution >= 4 is 5.91 Å². The zero-order valence-electron chi connectivity index (χ0n) is 6.48. The van der Waals surface area contributed by atoms with Crippen LogP contribution >= 0.6 is 0 Å². The molecule has 0 aromatic carbocycles. The molecule has 2 nitrogen and oxygen atoms in total. The molecule has 0 fully saturated rings. The van der Waals surface area contributed by atoms with Gasteiger partial charge in [-0.3, -0.25) is 4.79 Å². The maximum absolute atomic E-state index is 10.6. The lowest BCUT2D eigenvalue weighted by Gasteiger charge is -1.92. The first-order valence-corrected chi connectivity index (χ1v) is 3.28. The molecule has 0 saturated carbocycles. The van der Waals surface area contributed by atoms with Gasteiger partial charge in [0.15, 0.2) is 0 Å². The molecule has 0 unspecified atom stereocenters. The average Bonchev–Trinajstić information content (AvgIpc) is 1.87. The number of nitrogens with one attached hydrogen (secondary N) is 1. The summed E-state index contributed by atoms with van der Waals surface area (Å²) in [5.74, 6) is 0.0255. The smallest absolute Gasteiger partial charge is 0.223 e. The Morgan fingerprint density at radius 2 is 2.30 bits per heavy atom. The Kier molecular flexibility index (Phi) is 4.29. The summed E-state index contributed by atoms with van der Waals surface area (Å²) in [5.41, 5.74) is 0.927. The third-order valence-corrected chi connectivity index (χ3v) is 0.933. The molecule has 0 aromatic rings. The minimum absolute atomic E-state index is 0.0255. The second kappa shape index (κ2) is 4.79. The molecule has 0 aliphatic rings. The second-order valence-corrected chi connectivity index (χ2v) is 2.10. The lowest BCUT2D eigenvalue weighted by Crippen LogP contribution is -2.14. The molecular weight excluding hydrogens is 126 g/mol. The third kappa shape index (κ3) is 5.09. The van der Waals surface area contributed by atoms with Gasteiger partial charge in [-0.2, -0.15) is 0 Å². The highest BCUT2D eigenvalue weighted by atomic mass is 16.1. The van der Waals surface area contributed by atoms with E-state index in [1.807, 2.05) is 13.8 Å².